The van der Waals surface area contributed by atoms with Crippen LogP contribution in [-0.4, -0.2) is 74.2 Å². The van der Waals surface area contributed by atoms with Gasteiger partial charge in [0.15, 0.2) is 0 Å². The van der Waals surface area contributed by atoms with Crippen molar-refractivity contribution in [1.29, 1.82) is 0 Å². The highest BCUT2D eigenvalue weighted by Crippen LogP contribution is 2.22. The normalized spacial score (nSPS) is 28.8. The van der Waals surface area contributed by atoms with Crippen LogP contribution < -0.4 is 5.32 Å². The first-order chi connectivity index (χ1) is 8.84. The standard InChI is InChI=1S/C13H23N3O2.ClH/c17-13(11-8-14-9-11)16-3-1-2-12(16)10-15-4-6-18-7-5-15;/h11-12,14H,1-10H2;1H. The summed E-state index contributed by atoms with van der Waals surface area (Å²) in [4.78, 5) is 16.9. The zero-order valence-electron chi connectivity index (χ0n) is 11.3. The van der Waals surface area contributed by atoms with E-state index in [4.69, 9.17) is 4.74 Å². The van der Waals surface area contributed by atoms with Gasteiger partial charge in [-0.15, -0.1) is 12.4 Å². The molecule has 3 aliphatic rings. The number of nitrogens with zero attached hydrogens (tertiary/aromatic N) is 2. The van der Waals surface area contributed by atoms with E-state index in [2.05, 4.69) is 15.1 Å². The number of carbonyl (C=O) groups is 1. The third kappa shape index (κ3) is 3.40. The lowest BCUT2D eigenvalue weighted by molar-refractivity contribution is -0.138. The summed E-state index contributed by atoms with van der Waals surface area (Å²) in [5, 5.41) is 3.19. The van der Waals surface area contributed by atoms with Gasteiger partial charge in [-0.3, -0.25) is 9.69 Å². The number of ether oxygens (including phenoxy) is 1. The van der Waals surface area contributed by atoms with Gasteiger partial charge in [-0.05, 0) is 12.8 Å². The maximum absolute atomic E-state index is 12.3. The average molecular weight is 290 g/mol. The highest BCUT2D eigenvalue weighted by Gasteiger charge is 2.36. The van der Waals surface area contributed by atoms with Crippen LogP contribution in [0, 0.1) is 5.92 Å². The fourth-order valence-electron chi connectivity index (χ4n) is 3.10. The summed E-state index contributed by atoms with van der Waals surface area (Å²) in [6.45, 7) is 7.46. The van der Waals surface area contributed by atoms with Crippen LogP contribution in [0.15, 0.2) is 0 Å². The van der Waals surface area contributed by atoms with E-state index in [9.17, 15) is 4.79 Å². The molecule has 1 atom stereocenters. The monoisotopic (exact) mass is 289 g/mol. The molecule has 3 saturated heterocycles. The number of carbonyl (C=O) groups excluding carboxylic acids is 1. The Morgan fingerprint density at radius 1 is 1.21 bits per heavy atom. The van der Waals surface area contributed by atoms with Crippen LogP contribution in [0.3, 0.4) is 0 Å². The molecule has 110 valence electrons. The van der Waals surface area contributed by atoms with Gasteiger partial charge in [0, 0.05) is 45.3 Å². The van der Waals surface area contributed by atoms with Gasteiger partial charge in [-0.25, -0.2) is 0 Å². The lowest BCUT2D eigenvalue weighted by Gasteiger charge is -2.36. The summed E-state index contributed by atoms with van der Waals surface area (Å²) >= 11 is 0. The Balaban J connectivity index is 0.00000133. The fraction of sp³-hybridized carbons (Fsp3) is 0.923. The van der Waals surface area contributed by atoms with E-state index in [1.165, 1.54) is 12.8 Å². The summed E-state index contributed by atoms with van der Waals surface area (Å²) in [7, 11) is 0. The maximum Gasteiger partial charge on any atom is 0.228 e. The number of nitrogens with one attached hydrogen (secondary N) is 1. The molecule has 0 aromatic rings. The Morgan fingerprint density at radius 2 is 1.95 bits per heavy atom. The van der Waals surface area contributed by atoms with Gasteiger partial charge in [0.25, 0.3) is 0 Å². The molecule has 3 fully saturated rings. The van der Waals surface area contributed by atoms with Crippen LogP contribution in [0.4, 0.5) is 0 Å². The lowest BCUT2D eigenvalue weighted by atomic mass is 10.0. The molecule has 3 aliphatic heterocycles. The van der Waals surface area contributed by atoms with E-state index in [-0.39, 0.29) is 18.3 Å². The van der Waals surface area contributed by atoms with Gasteiger partial charge in [0.05, 0.1) is 19.1 Å². The minimum Gasteiger partial charge on any atom is -0.379 e. The second kappa shape index (κ2) is 6.88. The Morgan fingerprint density at radius 3 is 2.58 bits per heavy atom. The van der Waals surface area contributed by atoms with Gasteiger partial charge >= 0.3 is 0 Å². The molecule has 0 spiro atoms. The predicted octanol–water partition coefficient (Wildman–Crippen LogP) is -0.0492. The van der Waals surface area contributed by atoms with E-state index in [0.29, 0.717) is 11.9 Å². The molecule has 3 rings (SSSR count). The van der Waals surface area contributed by atoms with Crippen molar-refractivity contribution >= 4 is 18.3 Å². The van der Waals surface area contributed by atoms with Crippen LogP contribution in [0.2, 0.25) is 0 Å². The van der Waals surface area contributed by atoms with Gasteiger partial charge in [-0.1, -0.05) is 0 Å². The number of likely N-dealkylation sites (tertiary alicyclic amines) is 1. The van der Waals surface area contributed by atoms with Crippen molar-refractivity contribution in [3.8, 4) is 0 Å². The molecule has 0 aromatic heterocycles. The first kappa shape index (κ1) is 15.0. The van der Waals surface area contributed by atoms with Gasteiger partial charge in [0.2, 0.25) is 5.91 Å². The molecule has 0 bridgehead atoms. The van der Waals surface area contributed by atoms with Gasteiger partial charge < -0.3 is 15.0 Å². The number of rotatable bonds is 3. The second-order valence-electron chi connectivity index (χ2n) is 5.60. The third-order valence-electron chi connectivity index (χ3n) is 4.36. The minimum absolute atomic E-state index is 0. The van der Waals surface area contributed by atoms with E-state index < -0.39 is 0 Å². The largest absolute Gasteiger partial charge is 0.379 e. The van der Waals surface area contributed by atoms with Crippen molar-refractivity contribution in [2.45, 2.75) is 18.9 Å². The molecule has 0 saturated carbocycles. The molecule has 1 unspecified atom stereocenters. The number of halogens is 1. The van der Waals surface area contributed by atoms with Crippen molar-refractivity contribution < 1.29 is 9.53 Å². The second-order valence-corrected chi connectivity index (χ2v) is 5.60. The summed E-state index contributed by atoms with van der Waals surface area (Å²) in [5.74, 6) is 0.625. The maximum atomic E-state index is 12.3. The minimum atomic E-state index is 0. The lowest BCUT2D eigenvalue weighted by Crippen LogP contribution is -2.55. The molecule has 0 aromatic carbocycles. The number of amides is 1. The van der Waals surface area contributed by atoms with Gasteiger partial charge in [0.1, 0.15) is 0 Å². The zero-order chi connectivity index (χ0) is 12.4. The molecule has 5 nitrogen and oxygen atoms in total. The summed E-state index contributed by atoms with van der Waals surface area (Å²) in [6, 6.07) is 0.441. The van der Waals surface area contributed by atoms with Gasteiger partial charge in [-0.2, -0.15) is 0 Å². The number of hydrogen-bond donors (Lipinski definition) is 1. The van der Waals surface area contributed by atoms with Crippen LogP contribution in [0.5, 0.6) is 0 Å². The highest BCUT2D eigenvalue weighted by molar-refractivity contribution is 5.85. The molecule has 6 heteroatoms. The summed E-state index contributed by atoms with van der Waals surface area (Å²) < 4.78 is 5.37. The predicted molar refractivity (Wildman–Crippen MR) is 75.6 cm³/mol. The van der Waals surface area contributed by atoms with Crippen molar-refractivity contribution in [3.05, 3.63) is 0 Å². The van der Waals surface area contributed by atoms with E-state index in [1.807, 2.05) is 0 Å². The Labute approximate surface area is 121 Å². The summed E-state index contributed by atoms with van der Waals surface area (Å²) in [6.07, 6.45) is 2.34. The quantitative estimate of drug-likeness (QED) is 0.791. The summed E-state index contributed by atoms with van der Waals surface area (Å²) in [5.41, 5.74) is 0. The smallest absolute Gasteiger partial charge is 0.228 e. The first-order valence-corrected chi connectivity index (χ1v) is 7.16. The van der Waals surface area contributed by atoms with Crippen LogP contribution in [-0.2, 0) is 9.53 Å². The van der Waals surface area contributed by atoms with E-state index >= 15 is 0 Å². The van der Waals surface area contributed by atoms with Crippen LogP contribution in [0.25, 0.3) is 0 Å². The zero-order valence-corrected chi connectivity index (χ0v) is 12.2. The first-order valence-electron chi connectivity index (χ1n) is 7.16. The van der Waals surface area contributed by atoms with Crippen LogP contribution >= 0.6 is 12.4 Å². The molecule has 19 heavy (non-hydrogen) atoms. The van der Waals surface area contributed by atoms with Crippen molar-refractivity contribution in [2.24, 2.45) is 5.92 Å². The molecule has 1 amide bonds. The topological polar surface area (TPSA) is 44.8 Å². The van der Waals surface area contributed by atoms with Crippen molar-refractivity contribution in [2.75, 3.05) is 52.5 Å². The Hall–Kier alpha value is -0.360. The molecular weight excluding hydrogens is 266 g/mol. The Bertz CT molecular complexity index is 306. The SMILES string of the molecule is Cl.O=C(C1CNC1)N1CCCC1CN1CCOCC1. The molecule has 0 aliphatic carbocycles. The third-order valence-corrected chi connectivity index (χ3v) is 4.36. The molecule has 1 N–H and O–H groups in total. The van der Waals surface area contributed by atoms with E-state index in [0.717, 1.165) is 52.5 Å². The number of morpholine rings is 1. The fourth-order valence-corrected chi connectivity index (χ4v) is 3.10. The highest BCUT2D eigenvalue weighted by atomic mass is 35.5. The van der Waals surface area contributed by atoms with E-state index in [1.54, 1.807) is 0 Å². The number of hydrogen-bond acceptors (Lipinski definition) is 4. The Kier molecular flexibility index (Phi) is 5.45. The van der Waals surface area contributed by atoms with Crippen LogP contribution in [0.1, 0.15) is 12.8 Å². The molecule has 3 heterocycles. The molecule has 0 radical (unpaired) electrons. The average Bonchev–Trinajstić information content (AvgIpc) is 2.76. The molecular formula is C13H24ClN3O2. The van der Waals surface area contributed by atoms with Crippen molar-refractivity contribution in [3.63, 3.8) is 0 Å². The van der Waals surface area contributed by atoms with Crippen molar-refractivity contribution in [1.82, 2.24) is 15.1 Å².